The standard InChI is InChI=1S/C20H22ClN3O3/c21-19-9-8-17(24(26)27)12-18(19)20(25)22-13-15-6-2-3-7-16(15)14-23-10-4-1-5-11-23/h2-3,6-9,12H,1,4-5,10-11,13-14H2,(H,22,25). The lowest BCUT2D eigenvalue weighted by Gasteiger charge is -2.27. The van der Waals surface area contributed by atoms with Crippen LogP contribution in [0, 0.1) is 10.1 Å². The number of piperidine rings is 1. The summed E-state index contributed by atoms with van der Waals surface area (Å²) >= 11 is 6.05. The van der Waals surface area contributed by atoms with E-state index in [0.717, 1.165) is 25.2 Å². The van der Waals surface area contributed by atoms with Crippen molar-refractivity contribution in [3.63, 3.8) is 0 Å². The van der Waals surface area contributed by atoms with Crippen molar-refractivity contribution in [3.8, 4) is 0 Å². The van der Waals surface area contributed by atoms with Gasteiger partial charge in [0.05, 0.1) is 15.5 Å². The van der Waals surface area contributed by atoms with Gasteiger partial charge in [-0.05, 0) is 43.1 Å². The van der Waals surface area contributed by atoms with Crippen molar-refractivity contribution >= 4 is 23.2 Å². The molecule has 0 aliphatic carbocycles. The van der Waals surface area contributed by atoms with E-state index in [4.69, 9.17) is 11.6 Å². The summed E-state index contributed by atoms with van der Waals surface area (Å²) in [7, 11) is 0. The number of carbonyl (C=O) groups excluding carboxylic acids is 1. The van der Waals surface area contributed by atoms with Gasteiger partial charge in [-0.1, -0.05) is 42.3 Å². The number of likely N-dealkylation sites (tertiary alicyclic amines) is 1. The first-order chi connectivity index (χ1) is 13.0. The monoisotopic (exact) mass is 387 g/mol. The molecule has 0 spiro atoms. The first kappa shape index (κ1) is 19.3. The van der Waals surface area contributed by atoms with Crippen LogP contribution >= 0.6 is 11.6 Å². The van der Waals surface area contributed by atoms with Crippen LogP contribution in [0.4, 0.5) is 5.69 Å². The lowest BCUT2D eigenvalue weighted by molar-refractivity contribution is -0.384. The first-order valence-electron chi connectivity index (χ1n) is 9.06. The van der Waals surface area contributed by atoms with Crippen LogP contribution in [0.2, 0.25) is 5.02 Å². The van der Waals surface area contributed by atoms with Gasteiger partial charge in [0.25, 0.3) is 11.6 Å². The normalized spacial score (nSPS) is 14.7. The number of rotatable bonds is 6. The second-order valence-electron chi connectivity index (χ2n) is 6.71. The number of hydrogen-bond acceptors (Lipinski definition) is 4. The molecule has 2 aromatic rings. The van der Waals surface area contributed by atoms with Crippen molar-refractivity contribution in [2.45, 2.75) is 32.4 Å². The Labute approximate surface area is 163 Å². The molecule has 0 aromatic heterocycles. The van der Waals surface area contributed by atoms with Gasteiger partial charge in [-0.15, -0.1) is 0 Å². The van der Waals surface area contributed by atoms with Crippen molar-refractivity contribution in [2.24, 2.45) is 0 Å². The molecule has 27 heavy (non-hydrogen) atoms. The van der Waals surface area contributed by atoms with E-state index in [-0.39, 0.29) is 16.3 Å². The number of nitro groups is 1. The highest BCUT2D eigenvalue weighted by Gasteiger charge is 2.17. The van der Waals surface area contributed by atoms with E-state index >= 15 is 0 Å². The van der Waals surface area contributed by atoms with Crippen LogP contribution < -0.4 is 5.32 Å². The Balaban J connectivity index is 1.69. The van der Waals surface area contributed by atoms with Crippen LogP contribution in [0.25, 0.3) is 0 Å². The van der Waals surface area contributed by atoms with Crippen molar-refractivity contribution in [1.29, 1.82) is 0 Å². The lowest BCUT2D eigenvalue weighted by Crippen LogP contribution is -2.30. The van der Waals surface area contributed by atoms with Crippen molar-refractivity contribution in [1.82, 2.24) is 10.2 Å². The minimum Gasteiger partial charge on any atom is -0.348 e. The van der Waals surface area contributed by atoms with Gasteiger partial charge in [0.15, 0.2) is 0 Å². The molecule has 142 valence electrons. The molecule has 1 amide bonds. The molecular weight excluding hydrogens is 366 g/mol. The van der Waals surface area contributed by atoms with E-state index in [1.54, 1.807) is 0 Å². The summed E-state index contributed by atoms with van der Waals surface area (Å²) in [5.41, 5.74) is 2.18. The summed E-state index contributed by atoms with van der Waals surface area (Å²) in [5.74, 6) is -0.420. The third-order valence-electron chi connectivity index (χ3n) is 4.81. The summed E-state index contributed by atoms with van der Waals surface area (Å²) in [6.07, 6.45) is 3.74. The Morgan fingerprint density at radius 2 is 1.81 bits per heavy atom. The molecule has 1 aliphatic rings. The maximum absolute atomic E-state index is 12.5. The molecule has 6 nitrogen and oxygen atoms in total. The molecule has 0 radical (unpaired) electrons. The molecule has 0 atom stereocenters. The number of hydrogen-bond donors (Lipinski definition) is 1. The van der Waals surface area contributed by atoms with E-state index in [1.165, 1.54) is 43.0 Å². The fourth-order valence-electron chi connectivity index (χ4n) is 3.31. The molecule has 1 N–H and O–H groups in total. The van der Waals surface area contributed by atoms with Crippen LogP contribution in [-0.4, -0.2) is 28.8 Å². The van der Waals surface area contributed by atoms with Gasteiger partial charge in [-0.2, -0.15) is 0 Å². The number of non-ortho nitro benzene ring substituents is 1. The largest absolute Gasteiger partial charge is 0.348 e. The Hall–Kier alpha value is -2.44. The zero-order chi connectivity index (χ0) is 19.2. The molecule has 1 fully saturated rings. The Bertz CT molecular complexity index is 835. The van der Waals surface area contributed by atoms with E-state index in [9.17, 15) is 14.9 Å². The topological polar surface area (TPSA) is 75.5 Å². The van der Waals surface area contributed by atoms with E-state index in [0.29, 0.717) is 6.54 Å². The van der Waals surface area contributed by atoms with E-state index < -0.39 is 10.8 Å². The number of carbonyl (C=O) groups is 1. The summed E-state index contributed by atoms with van der Waals surface area (Å²) < 4.78 is 0. The lowest BCUT2D eigenvalue weighted by atomic mass is 10.0. The van der Waals surface area contributed by atoms with E-state index in [2.05, 4.69) is 16.3 Å². The summed E-state index contributed by atoms with van der Waals surface area (Å²) in [5, 5.41) is 14.0. The highest BCUT2D eigenvalue weighted by Crippen LogP contribution is 2.22. The average Bonchev–Trinajstić information content (AvgIpc) is 2.68. The first-order valence-corrected chi connectivity index (χ1v) is 9.43. The molecule has 0 bridgehead atoms. The fourth-order valence-corrected chi connectivity index (χ4v) is 3.52. The maximum atomic E-state index is 12.5. The van der Waals surface area contributed by atoms with Crippen LogP contribution in [0.15, 0.2) is 42.5 Å². The van der Waals surface area contributed by atoms with Crippen molar-refractivity contribution in [2.75, 3.05) is 13.1 Å². The van der Waals surface area contributed by atoms with Gasteiger partial charge in [0.1, 0.15) is 0 Å². The number of benzene rings is 2. The van der Waals surface area contributed by atoms with Gasteiger partial charge < -0.3 is 5.32 Å². The zero-order valence-electron chi connectivity index (χ0n) is 15.0. The second kappa shape index (κ2) is 8.97. The molecular formula is C20H22ClN3O3. The number of nitro benzene ring substituents is 1. The second-order valence-corrected chi connectivity index (χ2v) is 7.12. The van der Waals surface area contributed by atoms with Crippen LogP contribution in [0.3, 0.4) is 0 Å². The summed E-state index contributed by atoms with van der Waals surface area (Å²) in [6, 6.07) is 11.9. The molecule has 0 saturated carbocycles. The van der Waals surface area contributed by atoms with Gasteiger partial charge >= 0.3 is 0 Å². The van der Waals surface area contributed by atoms with E-state index in [1.807, 2.05) is 18.2 Å². The molecule has 1 aliphatic heterocycles. The Morgan fingerprint density at radius 1 is 1.11 bits per heavy atom. The third kappa shape index (κ3) is 5.05. The summed E-state index contributed by atoms with van der Waals surface area (Å²) in [4.78, 5) is 25.3. The molecule has 0 unspecified atom stereocenters. The molecule has 2 aromatic carbocycles. The quantitative estimate of drug-likeness (QED) is 0.596. The number of nitrogens with zero attached hydrogens (tertiary/aromatic N) is 2. The maximum Gasteiger partial charge on any atom is 0.270 e. The average molecular weight is 388 g/mol. The molecule has 7 heteroatoms. The minimum absolute atomic E-state index is 0.111. The Morgan fingerprint density at radius 3 is 2.52 bits per heavy atom. The van der Waals surface area contributed by atoms with Crippen LogP contribution in [0.5, 0.6) is 0 Å². The molecule has 1 heterocycles. The van der Waals surface area contributed by atoms with Gasteiger partial charge in [-0.3, -0.25) is 19.8 Å². The number of nitrogens with one attached hydrogen (secondary N) is 1. The SMILES string of the molecule is O=C(NCc1ccccc1CN1CCCCC1)c1cc([N+](=O)[O-])ccc1Cl. The number of halogens is 1. The third-order valence-corrected chi connectivity index (χ3v) is 5.14. The smallest absolute Gasteiger partial charge is 0.270 e. The fraction of sp³-hybridized carbons (Fsp3) is 0.350. The molecule has 3 rings (SSSR count). The van der Waals surface area contributed by atoms with Gasteiger partial charge in [0.2, 0.25) is 0 Å². The van der Waals surface area contributed by atoms with Crippen molar-refractivity contribution in [3.05, 3.63) is 74.3 Å². The predicted octanol–water partition coefficient (Wildman–Crippen LogP) is 4.16. The van der Waals surface area contributed by atoms with Crippen molar-refractivity contribution < 1.29 is 9.72 Å². The van der Waals surface area contributed by atoms with Gasteiger partial charge in [-0.25, -0.2) is 0 Å². The molecule has 1 saturated heterocycles. The van der Waals surface area contributed by atoms with Gasteiger partial charge in [0, 0.05) is 25.2 Å². The minimum atomic E-state index is -0.541. The predicted molar refractivity (Wildman–Crippen MR) is 105 cm³/mol. The summed E-state index contributed by atoms with van der Waals surface area (Å²) in [6.45, 7) is 3.42. The Kier molecular flexibility index (Phi) is 6.42. The van der Waals surface area contributed by atoms with Crippen LogP contribution in [-0.2, 0) is 13.1 Å². The van der Waals surface area contributed by atoms with Crippen LogP contribution in [0.1, 0.15) is 40.7 Å². The zero-order valence-corrected chi connectivity index (χ0v) is 15.7. The highest BCUT2D eigenvalue weighted by molar-refractivity contribution is 6.33. The highest BCUT2D eigenvalue weighted by atomic mass is 35.5. The number of amides is 1.